The maximum absolute atomic E-state index is 10.3. The highest BCUT2D eigenvalue weighted by Gasteiger charge is 2.24. The number of methoxy groups -OCH3 is 2. The van der Waals surface area contributed by atoms with E-state index in [2.05, 4.69) is 12.2 Å². The van der Waals surface area contributed by atoms with Gasteiger partial charge >= 0.3 is 0 Å². The Kier molecular flexibility index (Phi) is 6.49. The first-order valence-electron chi connectivity index (χ1n) is 7.46. The number of benzene rings is 1. The van der Waals surface area contributed by atoms with Crippen LogP contribution in [0, 0.1) is 5.92 Å². The summed E-state index contributed by atoms with van der Waals surface area (Å²) in [6.45, 7) is 8.63. The largest absolute Gasteiger partial charge is 0.493 e. The topological polar surface area (TPSA) is 50.7 Å². The molecule has 2 N–H and O–H groups in total. The zero-order valence-electron chi connectivity index (χ0n) is 14.1. The first-order chi connectivity index (χ1) is 9.80. The molecule has 1 rings (SSSR count). The van der Waals surface area contributed by atoms with Crippen molar-refractivity contribution in [2.24, 2.45) is 5.92 Å². The van der Waals surface area contributed by atoms with Gasteiger partial charge in [-0.2, -0.15) is 0 Å². The molecule has 0 aliphatic rings. The van der Waals surface area contributed by atoms with Crippen molar-refractivity contribution >= 4 is 0 Å². The normalized spacial score (nSPS) is 15.6. The molecule has 1 aromatic carbocycles. The average molecular weight is 295 g/mol. The summed E-state index contributed by atoms with van der Waals surface area (Å²) in [6.07, 6.45) is 0.870. The third kappa shape index (κ3) is 5.21. The Morgan fingerprint density at radius 1 is 1.14 bits per heavy atom. The molecule has 4 nitrogen and oxygen atoms in total. The fourth-order valence-electron chi connectivity index (χ4n) is 2.02. The molecular formula is C17H29NO3. The minimum absolute atomic E-state index is 0.221. The smallest absolute Gasteiger partial charge is 0.160 e. The van der Waals surface area contributed by atoms with Gasteiger partial charge in [-0.05, 0) is 43.9 Å². The summed E-state index contributed by atoms with van der Waals surface area (Å²) in [7, 11) is 3.28. The Balaban J connectivity index is 2.61. The fraction of sp³-hybridized carbons (Fsp3) is 0.647. The molecule has 2 atom stereocenters. The van der Waals surface area contributed by atoms with Gasteiger partial charge in [0.2, 0.25) is 0 Å². The van der Waals surface area contributed by atoms with Crippen molar-refractivity contribution in [1.82, 2.24) is 5.32 Å². The quantitative estimate of drug-likeness (QED) is 0.774. The molecule has 0 aliphatic carbocycles. The maximum atomic E-state index is 10.3. The number of aliphatic hydroxyl groups is 1. The molecule has 120 valence electrons. The zero-order chi connectivity index (χ0) is 16.0. The van der Waals surface area contributed by atoms with Gasteiger partial charge in [0.05, 0.1) is 19.8 Å². The Hall–Kier alpha value is -1.26. The van der Waals surface area contributed by atoms with Crippen molar-refractivity contribution in [3.63, 3.8) is 0 Å². The van der Waals surface area contributed by atoms with E-state index in [4.69, 9.17) is 9.47 Å². The van der Waals surface area contributed by atoms with Crippen molar-refractivity contribution < 1.29 is 14.6 Å². The molecule has 0 saturated carbocycles. The van der Waals surface area contributed by atoms with Crippen molar-refractivity contribution in [3.05, 3.63) is 23.8 Å². The molecule has 21 heavy (non-hydrogen) atoms. The van der Waals surface area contributed by atoms with Gasteiger partial charge in [-0.25, -0.2) is 0 Å². The number of ether oxygens (including phenoxy) is 2. The van der Waals surface area contributed by atoms with E-state index in [1.54, 1.807) is 14.2 Å². The molecular weight excluding hydrogens is 266 g/mol. The first-order valence-corrected chi connectivity index (χ1v) is 7.46. The van der Waals surface area contributed by atoms with Crippen LogP contribution in [0.2, 0.25) is 0 Å². The standard InChI is InChI=1S/C17H29NO3/c1-12(2)17(4,19)11-18-13(3)9-14-7-8-15(20-5)16(10-14)21-6/h7-8,10,12-13,18-19H,9,11H2,1-6H3. The van der Waals surface area contributed by atoms with E-state index in [0.717, 1.165) is 17.9 Å². The summed E-state index contributed by atoms with van der Waals surface area (Å²) < 4.78 is 10.6. The highest BCUT2D eigenvalue weighted by atomic mass is 16.5. The Morgan fingerprint density at radius 2 is 1.76 bits per heavy atom. The number of nitrogens with one attached hydrogen (secondary N) is 1. The lowest BCUT2D eigenvalue weighted by molar-refractivity contribution is 0.0122. The monoisotopic (exact) mass is 295 g/mol. The van der Waals surface area contributed by atoms with Crippen LogP contribution in [0.15, 0.2) is 18.2 Å². The summed E-state index contributed by atoms with van der Waals surface area (Å²) in [6, 6.07) is 6.23. The van der Waals surface area contributed by atoms with Crippen LogP contribution in [0.4, 0.5) is 0 Å². The third-order valence-corrected chi connectivity index (χ3v) is 4.04. The van der Waals surface area contributed by atoms with Crippen LogP contribution in [0.1, 0.15) is 33.3 Å². The van der Waals surface area contributed by atoms with Gasteiger partial charge < -0.3 is 19.9 Å². The number of hydrogen-bond acceptors (Lipinski definition) is 4. The predicted molar refractivity (Wildman–Crippen MR) is 86.2 cm³/mol. The van der Waals surface area contributed by atoms with Crippen LogP contribution in [0.3, 0.4) is 0 Å². The fourth-order valence-corrected chi connectivity index (χ4v) is 2.02. The van der Waals surface area contributed by atoms with Gasteiger partial charge in [-0.15, -0.1) is 0 Å². The van der Waals surface area contributed by atoms with Crippen molar-refractivity contribution in [1.29, 1.82) is 0 Å². The van der Waals surface area contributed by atoms with Crippen LogP contribution in [-0.4, -0.2) is 37.5 Å². The Labute approximate surface area is 128 Å². The molecule has 0 heterocycles. The molecule has 0 amide bonds. The van der Waals surface area contributed by atoms with E-state index in [0.29, 0.717) is 6.54 Å². The van der Waals surface area contributed by atoms with Gasteiger partial charge in [-0.3, -0.25) is 0 Å². The lowest BCUT2D eigenvalue weighted by atomic mass is 9.92. The minimum Gasteiger partial charge on any atom is -0.493 e. The zero-order valence-corrected chi connectivity index (χ0v) is 14.1. The van der Waals surface area contributed by atoms with E-state index in [-0.39, 0.29) is 12.0 Å². The molecule has 0 bridgehead atoms. The summed E-state index contributed by atoms with van der Waals surface area (Å²) in [5.41, 5.74) is 0.489. The van der Waals surface area contributed by atoms with Crippen molar-refractivity contribution in [3.8, 4) is 11.5 Å². The SMILES string of the molecule is COc1ccc(CC(C)NCC(C)(O)C(C)C)cc1OC. The van der Waals surface area contributed by atoms with Gasteiger partial charge in [0.15, 0.2) is 11.5 Å². The lowest BCUT2D eigenvalue weighted by Gasteiger charge is -2.29. The molecule has 2 unspecified atom stereocenters. The van der Waals surface area contributed by atoms with E-state index in [1.807, 2.05) is 39.0 Å². The Bertz CT molecular complexity index is 444. The van der Waals surface area contributed by atoms with E-state index in [9.17, 15) is 5.11 Å². The molecule has 0 aliphatic heterocycles. The van der Waals surface area contributed by atoms with Crippen molar-refractivity contribution in [2.45, 2.75) is 45.8 Å². The molecule has 0 fully saturated rings. The first kappa shape index (κ1) is 17.8. The summed E-state index contributed by atoms with van der Waals surface area (Å²) in [5.74, 6) is 1.71. The maximum Gasteiger partial charge on any atom is 0.160 e. The van der Waals surface area contributed by atoms with Crippen LogP contribution >= 0.6 is 0 Å². The highest BCUT2D eigenvalue weighted by Crippen LogP contribution is 2.28. The second kappa shape index (κ2) is 7.66. The molecule has 1 aromatic rings. The third-order valence-electron chi connectivity index (χ3n) is 4.04. The van der Waals surface area contributed by atoms with Crippen LogP contribution < -0.4 is 14.8 Å². The van der Waals surface area contributed by atoms with Gasteiger partial charge in [0.25, 0.3) is 0 Å². The molecule has 0 radical (unpaired) electrons. The summed E-state index contributed by atoms with van der Waals surface area (Å²) >= 11 is 0. The predicted octanol–water partition coefficient (Wildman–Crippen LogP) is 2.63. The number of rotatable bonds is 8. The highest BCUT2D eigenvalue weighted by molar-refractivity contribution is 5.43. The van der Waals surface area contributed by atoms with E-state index in [1.165, 1.54) is 5.56 Å². The van der Waals surface area contributed by atoms with Gasteiger partial charge in [-0.1, -0.05) is 19.9 Å². The van der Waals surface area contributed by atoms with E-state index >= 15 is 0 Å². The second-order valence-corrected chi connectivity index (χ2v) is 6.19. The second-order valence-electron chi connectivity index (χ2n) is 6.19. The summed E-state index contributed by atoms with van der Waals surface area (Å²) in [5, 5.41) is 13.7. The molecule has 0 spiro atoms. The number of hydrogen-bond donors (Lipinski definition) is 2. The molecule has 0 saturated heterocycles. The molecule has 0 aromatic heterocycles. The Morgan fingerprint density at radius 3 is 2.29 bits per heavy atom. The summed E-state index contributed by atoms with van der Waals surface area (Å²) in [4.78, 5) is 0. The van der Waals surface area contributed by atoms with Crippen molar-refractivity contribution in [2.75, 3.05) is 20.8 Å². The average Bonchev–Trinajstić information content (AvgIpc) is 2.45. The van der Waals surface area contributed by atoms with Crippen LogP contribution in [0.5, 0.6) is 11.5 Å². The minimum atomic E-state index is -0.689. The van der Waals surface area contributed by atoms with Crippen LogP contribution in [-0.2, 0) is 6.42 Å². The van der Waals surface area contributed by atoms with Gasteiger partial charge in [0.1, 0.15) is 0 Å². The van der Waals surface area contributed by atoms with Gasteiger partial charge in [0, 0.05) is 12.6 Å². The molecule has 4 heteroatoms. The van der Waals surface area contributed by atoms with E-state index < -0.39 is 5.60 Å². The van der Waals surface area contributed by atoms with Crippen LogP contribution in [0.25, 0.3) is 0 Å². The lowest BCUT2D eigenvalue weighted by Crippen LogP contribution is -2.45.